The van der Waals surface area contributed by atoms with Crippen LogP contribution in [0, 0.1) is 11.3 Å². The molecule has 0 amide bonds. The Labute approximate surface area is 116 Å². The quantitative estimate of drug-likeness (QED) is 0.706. The smallest absolute Gasteiger partial charge is 0.0593 e. The van der Waals surface area contributed by atoms with Crippen molar-refractivity contribution in [3.05, 3.63) is 48.6 Å². The molecular weight excluding hydrogens is 236 g/mol. The Morgan fingerprint density at radius 2 is 1.89 bits per heavy atom. The van der Waals surface area contributed by atoms with Crippen molar-refractivity contribution in [1.82, 2.24) is 0 Å². The molecule has 0 aromatic heterocycles. The van der Waals surface area contributed by atoms with Crippen molar-refractivity contribution in [3.8, 4) is 0 Å². The van der Waals surface area contributed by atoms with Crippen LogP contribution in [0.25, 0.3) is 0 Å². The van der Waals surface area contributed by atoms with Gasteiger partial charge in [0.1, 0.15) is 0 Å². The van der Waals surface area contributed by atoms with Gasteiger partial charge in [-0.2, -0.15) is 0 Å². The van der Waals surface area contributed by atoms with E-state index in [4.69, 9.17) is 0 Å². The van der Waals surface area contributed by atoms with Gasteiger partial charge in [0.25, 0.3) is 0 Å². The minimum absolute atomic E-state index is 0.0211. The molecule has 2 nitrogen and oxygen atoms in total. The predicted octanol–water partition coefficient (Wildman–Crippen LogP) is 3.19. The lowest BCUT2D eigenvalue weighted by atomic mass is 9.80. The average Bonchev–Trinajstić information content (AvgIpc) is 2.43. The third kappa shape index (κ3) is 5.58. The Morgan fingerprint density at radius 1 is 1.26 bits per heavy atom. The van der Waals surface area contributed by atoms with Gasteiger partial charge in [0.2, 0.25) is 0 Å². The second kappa shape index (κ2) is 7.46. The molecule has 19 heavy (non-hydrogen) atoms. The molecule has 2 heteroatoms. The fourth-order valence-electron chi connectivity index (χ4n) is 2.28. The molecule has 0 saturated carbocycles. The fraction of sp³-hybridized carbons (Fsp3) is 0.529. The molecule has 0 aliphatic rings. The van der Waals surface area contributed by atoms with Gasteiger partial charge in [0.05, 0.1) is 6.10 Å². The number of hydrogen-bond acceptors (Lipinski definition) is 2. The Kier molecular flexibility index (Phi) is 6.26. The van der Waals surface area contributed by atoms with E-state index < -0.39 is 6.10 Å². The molecule has 0 bridgehead atoms. The zero-order valence-electron chi connectivity index (χ0n) is 12.0. The van der Waals surface area contributed by atoms with Crippen molar-refractivity contribution in [2.45, 2.75) is 39.2 Å². The SMILES string of the molecule is C=CC(C)(C)CC(CO)C(O)CCc1ccccc1. The van der Waals surface area contributed by atoms with Crippen molar-refractivity contribution in [2.24, 2.45) is 11.3 Å². The zero-order valence-corrected chi connectivity index (χ0v) is 12.0. The van der Waals surface area contributed by atoms with Crippen LogP contribution >= 0.6 is 0 Å². The molecule has 0 fully saturated rings. The first-order valence-electron chi connectivity index (χ1n) is 6.95. The van der Waals surface area contributed by atoms with Gasteiger partial charge in [-0.3, -0.25) is 0 Å². The Balaban J connectivity index is 2.50. The minimum atomic E-state index is -0.468. The first-order valence-corrected chi connectivity index (χ1v) is 6.95. The van der Waals surface area contributed by atoms with Crippen molar-refractivity contribution in [3.63, 3.8) is 0 Å². The zero-order chi connectivity index (χ0) is 14.3. The van der Waals surface area contributed by atoms with Crippen LogP contribution in [-0.2, 0) is 6.42 Å². The molecule has 1 rings (SSSR count). The molecule has 1 aromatic carbocycles. The summed E-state index contributed by atoms with van der Waals surface area (Å²) in [5.74, 6) is -0.0864. The number of aryl methyl sites for hydroxylation is 1. The summed E-state index contributed by atoms with van der Waals surface area (Å²) >= 11 is 0. The van der Waals surface area contributed by atoms with E-state index in [0.29, 0.717) is 6.42 Å². The number of allylic oxidation sites excluding steroid dienone is 1. The summed E-state index contributed by atoms with van der Waals surface area (Å²) in [5, 5.41) is 19.7. The van der Waals surface area contributed by atoms with Crippen LogP contribution in [0.15, 0.2) is 43.0 Å². The molecule has 0 spiro atoms. The lowest BCUT2D eigenvalue weighted by molar-refractivity contribution is 0.0422. The second-order valence-corrected chi connectivity index (χ2v) is 5.93. The van der Waals surface area contributed by atoms with Gasteiger partial charge in [-0.05, 0) is 30.2 Å². The van der Waals surface area contributed by atoms with Gasteiger partial charge >= 0.3 is 0 Å². The average molecular weight is 262 g/mol. The predicted molar refractivity (Wildman–Crippen MR) is 79.9 cm³/mol. The largest absolute Gasteiger partial charge is 0.396 e. The Hall–Kier alpha value is -1.12. The molecule has 106 valence electrons. The Bertz CT molecular complexity index is 370. The summed E-state index contributed by atoms with van der Waals surface area (Å²) in [7, 11) is 0. The highest BCUT2D eigenvalue weighted by atomic mass is 16.3. The fourth-order valence-corrected chi connectivity index (χ4v) is 2.28. The standard InChI is InChI=1S/C17H26O2/c1-4-17(2,3)12-15(13-18)16(19)11-10-14-8-6-5-7-9-14/h4-9,15-16,18-19H,1,10-13H2,2-3H3. The number of hydrogen-bond donors (Lipinski definition) is 2. The van der Waals surface area contributed by atoms with Crippen molar-refractivity contribution >= 4 is 0 Å². The normalized spacial score (nSPS) is 14.9. The summed E-state index contributed by atoms with van der Waals surface area (Å²) in [6.45, 7) is 7.98. The van der Waals surface area contributed by atoms with Gasteiger partial charge in [0, 0.05) is 12.5 Å². The van der Waals surface area contributed by atoms with Crippen LogP contribution in [0.3, 0.4) is 0 Å². The first kappa shape index (κ1) is 15.9. The van der Waals surface area contributed by atoms with E-state index in [1.54, 1.807) is 0 Å². The van der Waals surface area contributed by atoms with E-state index in [0.717, 1.165) is 12.8 Å². The monoisotopic (exact) mass is 262 g/mol. The number of aliphatic hydroxyl groups is 2. The maximum absolute atomic E-state index is 10.2. The maximum Gasteiger partial charge on any atom is 0.0593 e. The van der Waals surface area contributed by atoms with E-state index >= 15 is 0 Å². The molecule has 0 aliphatic carbocycles. The number of rotatable bonds is 8. The van der Waals surface area contributed by atoms with Crippen LogP contribution < -0.4 is 0 Å². The molecule has 2 unspecified atom stereocenters. The summed E-state index contributed by atoms with van der Waals surface area (Å²) in [5.41, 5.74) is 1.17. The van der Waals surface area contributed by atoms with Crippen LogP contribution in [0.5, 0.6) is 0 Å². The van der Waals surface area contributed by atoms with Crippen LogP contribution in [0.1, 0.15) is 32.3 Å². The topological polar surface area (TPSA) is 40.5 Å². The highest BCUT2D eigenvalue weighted by Crippen LogP contribution is 2.29. The van der Waals surface area contributed by atoms with Crippen LogP contribution in [0.2, 0.25) is 0 Å². The van der Waals surface area contributed by atoms with Gasteiger partial charge in [-0.25, -0.2) is 0 Å². The van der Waals surface area contributed by atoms with Crippen molar-refractivity contribution < 1.29 is 10.2 Å². The minimum Gasteiger partial charge on any atom is -0.396 e. The number of benzene rings is 1. The van der Waals surface area contributed by atoms with Gasteiger partial charge in [0.15, 0.2) is 0 Å². The summed E-state index contributed by atoms with van der Waals surface area (Å²) in [6.07, 6.45) is 3.70. The molecule has 2 atom stereocenters. The van der Waals surface area contributed by atoms with Gasteiger partial charge in [-0.15, -0.1) is 6.58 Å². The van der Waals surface area contributed by atoms with Crippen LogP contribution in [0.4, 0.5) is 0 Å². The van der Waals surface area contributed by atoms with E-state index in [2.05, 4.69) is 32.6 Å². The Morgan fingerprint density at radius 3 is 2.42 bits per heavy atom. The van der Waals surface area contributed by atoms with E-state index in [1.165, 1.54) is 5.56 Å². The van der Waals surface area contributed by atoms with Gasteiger partial charge < -0.3 is 10.2 Å². The molecule has 0 heterocycles. The summed E-state index contributed by atoms with van der Waals surface area (Å²) in [6, 6.07) is 10.1. The second-order valence-electron chi connectivity index (χ2n) is 5.93. The maximum atomic E-state index is 10.2. The third-order valence-corrected chi connectivity index (χ3v) is 3.69. The van der Waals surface area contributed by atoms with E-state index in [9.17, 15) is 10.2 Å². The molecular formula is C17H26O2. The van der Waals surface area contributed by atoms with E-state index in [1.807, 2.05) is 24.3 Å². The van der Waals surface area contributed by atoms with Crippen molar-refractivity contribution in [1.29, 1.82) is 0 Å². The lowest BCUT2D eigenvalue weighted by Crippen LogP contribution is -2.29. The summed E-state index contributed by atoms with van der Waals surface area (Å²) < 4.78 is 0. The van der Waals surface area contributed by atoms with Gasteiger partial charge in [-0.1, -0.05) is 50.3 Å². The molecule has 0 aliphatic heterocycles. The third-order valence-electron chi connectivity index (χ3n) is 3.69. The highest BCUT2D eigenvalue weighted by Gasteiger charge is 2.25. The highest BCUT2D eigenvalue weighted by molar-refractivity contribution is 5.14. The van der Waals surface area contributed by atoms with Crippen LogP contribution in [-0.4, -0.2) is 22.9 Å². The van der Waals surface area contributed by atoms with E-state index in [-0.39, 0.29) is 17.9 Å². The van der Waals surface area contributed by atoms with Crippen molar-refractivity contribution in [2.75, 3.05) is 6.61 Å². The molecule has 0 saturated heterocycles. The molecule has 0 radical (unpaired) electrons. The molecule has 1 aromatic rings. The summed E-state index contributed by atoms with van der Waals surface area (Å²) in [4.78, 5) is 0. The first-order chi connectivity index (χ1) is 8.98. The molecule has 2 N–H and O–H groups in total. The lowest BCUT2D eigenvalue weighted by Gasteiger charge is -2.29. The number of aliphatic hydroxyl groups excluding tert-OH is 2.